The highest BCUT2D eigenvalue weighted by atomic mass is 16.5. The number of hydrogen-bond donors (Lipinski definition) is 1. The number of nitrogens with zero attached hydrogens (tertiary/aromatic N) is 3. The molecule has 1 N–H and O–H groups in total. The molecule has 7 heteroatoms. The van der Waals surface area contributed by atoms with Crippen LogP contribution >= 0.6 is 0 Å². The van der Waals surface area contributed by atoms with E-state index in [0.29, 0.717) is 30.0 Å². The van der Waals surface area contributed by atoms with Gasteiger partial charge in [-0.3, -0.25) is 14.3 Å². The molecule has 0 aliphatic carbocycles. The zero-order chi connectivity index (χ0) is 20.7. The number of aromatic amines is 1. The van der Waals surface area contributed by atoms with Gasteiger partial charge in [-0.15, -0.1) is 0 Å². The number of carbonyl (C=O) groups is 1. The van der Waals surface area contributed by atoms with Crippen molar-refractivity contribution in [1.29, 1.82) is 0 Å². The normalized spacial score (nSPS) is 13.8. The first-order valence-corrected chi connectivity index (χ1v) is 9.60. The highest BCUT2D eigenvalue weighted by molar-refractivity contribution is 6.00. The lowest BCUT2D eigenvalue weighted by atomic mass is 9.97. The molecule has 29 heavy (non-hydrogen) atoms. The van der Waals surface area contributed by atoms with Gasteiger partial charge in [0.15, 0.2) is 0 Å². The minimum atomic E-state index is -0.152. The van der Waals surface area contributed by atoms with Crippen LogP contribution in [0, 0.1) is 20.8 Å². The number of ether oxygens (including phenoxy) is 1. The van der Waals surface area contributed by atoms with E-state index in [1.807, 2.05) is 52.1 Å². The molecule has 0 saturated heterocycles. The number of amides is 1. The van der Waals surface area contributed by atoms with Gasteiger partial charge in [0.2, 0.25) is 0 Å². The van der Waals surface area contributed by atoms with Crippen LogP contribution in [-0.4, -0.2) is 38.7 Å². The molecule has 0 bridgehead atoms. The zero-order valence-electron chi connectivity index (χ0n) is 17.1. The number of rotatable bonds is 3. The summed E-state index contributed by atoms with van der Waals surface area (Å²) >= 11 is 0. The number of H-pyrrole nitrogens is 1. The fourth-order valence-corrected chi connectivity index (χ4v) is 3.93. The fraction of sp³-hybridized carbons (Fsp3) is 0.318. The molecular formula is C22H24N4O3. The lowest BCUT2D eigenvalue weighted by Crippen LogP contribution is -2.35. The van der Waals surface area contributed by atoms with Gasteiger partial charge in [0.05, 0.1) is 24.3 Å². The average molecular weight is 392 g/mol. The Labute approximate surface area is 168 Å². The summed E-state index contributed by atoms with van der Waals surface area (Å²) in [5.41, 5.74) is 5.40. The highest BCUT2D eigenvalue weighted by Crippen LogP contribution is 2.34. The number of benzene rings is 1. The molecule has 0 saturated carbocycles. The minimum Gasteiger partial charge on any atom is -0.491 e. The Morgan fingerprint density at radius 3 is 2.66 bits per heavy atom. The van der Waals surface area contributed by atoms with Crippen molar-refractivity contribution in [3.8, 4) is 17.0 Å². The molecule has 1 aliphatic heterocycles. The van der Waals surface area contributed by atoms with E-state index in [-0.39, 0.29) is 18.0 Å². The molecule has 1 aliphatic rings. The van der Waals surface area contributed by atoms with Crippen molar-refractivity contribution >= 4 is 5.91 Å². The van der Waals surface area contributed by atoms with E-state index in [2.05, 4.69) is 10.1 Å². The van der Waals surface area contributed by atoms with E-state index in [9.17, 15) is 9.59 Å². The first-order chi connectivity index (χ1) is 13.9. The van der Waals surface area contributed by atoms with Crippen molar-refractivity contribution in [1.82, 2.24) is 19.7 Å². The molecule has 3 aromatic rings. The molecule has 2 aromatic heterocycles. The van der Waals surface area contributed by atoms with Gasteiger partial charge in [-0.2, -0.15) is 5.10 Å². The van der Waals surface area contributed by atoms with Gasteiger partial charge in [-0.1, -0.05) is 0 Å². The summed E-state index contributed by atoms with van der Waals surface area (Å²) in [4.78, 5) is 30.4. The largest absolute Gasteiger partial charge is 0.491 e. The summed E-state index contributed by atoms with van der Waals surface area (Å²) in [5, 5.41) is 4.23. The number of carbonyl (C=O) groups excluding carboxylic acids is 1. The van der Waals surface area contributed by atoms with Crippen LogP contribution in [0.1, 0.15) is 32.7 Å². The molecule has 0 unspecified atom stereocenters. The van der Waals surface area contributed by atoms with Gasteiger partial charge in [-0.25, -0.2) is 0 Å². The molecule has 0 fully saturated rings. The smallest absolute Gasteiger partial charge is 0.258 e. The van der Waals surface area contributed by atoms with Gasteiger partial charge < -0.3 is 14.6 Å². The van der Waals surface area contributed by atoms with Crippen LogP contribution in [0.5, 0.6) is 5.75 Å². The second kappa shape index (κ2) is 7.24. The molecule has 0 atom stereocenters. The molecule has 7 nitrogen and oxygen atoms in total. The van der Waals surface area contributed by atoms with Crippen molar-refractivity contribution in [2.24, 2.45) is 7.05 Å². The van der Waals surface area contributed by atoms with E-state index < -0.39 is 0 Å². The Balaban J connectivity index is 1.76. The molecule has 0 spiro atoms. The molecular weight excluding hydrogens is 368 g/mol. The second-order valence-electron chi connectivity index (χ2n) is 7.47. The summed E-state index contributed by atoms with van der Waals surface area (Å²) in [6, 6.07) is 7.65. The van der Waals surface area contributed by atoms with E-state index in [1.54, 1.807) is 15.8 Å². The van der Waals surface area contributed by atoms with E-state index in [1.165, 1.54) is 0 Å². The van der Waals surface area contributed by atoms with Crippen LogP contribution in [0.25, 0.3) is 11.3 Å². The lowest BCUT2D eigenvalue weighted by Gasteiger charge is -2.22. The Morgan fingerprint density at radius 1 is 1.17 bits per heavy atom. The first-order valence-electron chi connectivity index (χ1n) is 9.60. The Bertz CT molecular complexity index is 1160. The summed E-state index contributed by atoms with van der Waals surface area (Å²) < 4.78 is 7.66. The van der Waals surface area contributed by atoms with Crippen LogP contribution in [0.15, 0.2) is 35.3 Å². The third kappa shape index (κ3) is 3.33. The van der Waals surface area contributed by atoms with Gasteiger partial charge in [0, 0.05) is 30.1 Å². The fourth-order valence-electron chi connectivity index (χ4n) is 3.93. The molecule has 0 radical (unpaired) electrons. The maximum atomic E-state index is 13.5. The quantitative estimate of drug-likeness (QED) is 0.743. The number of pyridine rings is 1. The Kier molecular flexibility index (Phi) is 4.74. The summed E-state index contributed by atoms with van der Waals surface area (Å²) in [6.07, 6.45) is 1.73. The third-order valence-corrected chi connectivity index (χ3v) is 5.49. The maximum absolute atomic E-state index is 13.5. The Hall–Kier alpha value is -3.35. The predicted octanol–water partition coefficient (Wildman–Crippen LogP) is 2.74. The van der Waals surface area contributed by atoms with Crippen LogP contribution in [-0.2, 0) is 13.6 Å². The van der Waals surface area contributed by atoms with E-state index in [4.69, 9.17) is 4.74 Å². The van der Waals surface area contributed by atoms with Gasteiger partial charge in [0.1, 0.15) is 12.4 Å². The molecule has 150 valence electrons. The predicted molar refractivity (Wildman–Crippen MR) is 110 cm³/mol. The van der Waals surface area contributed by atoms with Crippen molar-refractivity contribution < 1.29 is 9.53 Å². The van der Waals surface area contributed by atoms with Crippen LogP contribution in [0.4, 0.5) is 0 Å². The summed E-state index contributed by atoms with van der Waals surface area (Å²) in [7, 11) is 1.87. The molecule has 4 rings (SSSR count). The van der Waals surface area contributed by atoms with Crippen molar-refractivity contribution in [3.05, 3.63) is 68.8 Å². The van der Waals surface area contributed by atoms with Gasteiger partial charge in [0.25, 0.3) is 11.5 Å². The number of nitrogens with one attached hydrogen (secondary N) is 1. The van der Waals surface area contributed by atoms with E-state index in [0.717, 1.165) is 28.1 Å². The van der Waals surface area contributed by atoms with Gasteiger partial charge in [-0.05, 0) is 56.2 Å². The number of fused-ring (bicyclic) bond motifs is 1. The monoisotopic (exact) mass is 392 g/mol. The SMILES string of the molecule is Cc1cc(C)c(CN2CCOc3ccc(-c4ccnn4C)c(C)c3C2=O)c(=O)[nH]1. The summed E-state index contributed by atoms with van der Waals surface area (Å²) in [6.45, 7) is 6.72. The zero-order valence-corrected chi connectivity index (χ0v) is 17.1. The third-order valence-electron chi connectivity index (χ3n) is 5.49. The maximum Gasteiger partial charge on any atom is 0.258 e. The van der Waals surface area contributed by atoms with Crippen LogP contribution in [0.3, 0.4) is 0 Å². The van der Waals surface area contributed by atoms with Crippen LogP contribution < -0.4 is 10.3 Å². The molecule has 1 aromatic carbocycles. The van der Waals surface area contributed by atoms with Crippen LogP contribution in [0.2, 0.25) is 0 Å². The van der Waals surface area contributed by atoms with Crippen molar-refractivity contribution in [3.63, 3.8) is 0 Å². The molecule has 1 amide bonds. The lowest BCUT2D eigenvalue weighted by molar-refractivity contribution is 0.0741. The first kappa shape index (κ1) is 19.0. The van der Waals surface area contributed by atoms with Crippen molar-refractivity contribution in [2.45, 2.75) is 27.3 Å². The number of hydrogen-bond acceptors (Lipinski definition) is 4. The standard InChI is InChI=1S/C22H24N4O3/c1-13-11-14(2)24-21(27)17(13)12-26-9-10-29-19-6-5-16(15(3)20(19)22(26)28)18-7-8-23-25(18)4/h5-8,11H,9-10,12H2,1-4H3,(H,24,27). The Morgan fingerprint density at radius 2 is 1.97 bits per heavy atom. The number of aryl methyl sites for hydroxylation is 3. The number of aromatic nitrogens is 3. The van der Waals surface area contributed by atoms with E-state index >= 15 is 0 Å². The van der Waals surface area contributed by atoms with Crippen molar-refractivity contribution in [2.75, 3.05) is 13.2 Å². The average Bonchev–Trinajstić information content (AvgIpc) is 3.01. The minimum absolute atomic E-state index is 0.126. The second-order valence-corrected chi connectivity index (χ2v) is 7.47. The molecule has 3 heterocycles. The highest BCUT2D eigenvalue weighted by Gasteiger charge is 2.28. The summed E-state index contributed by atoms with van der Waals surface area (Å²) in [5.74, 6) is 0.453. The topological polar surface area (TPSA) is 80.2 Å². The van der Waals surface area contributed by atoms with Gasteiger partial charge >= 0.3 is 0 Å².